The Morgan fingerprint density at radius 1 is 0.438 bits per heavy atom. The summed E-state index contributed by atoms with van der Waals surface area (Å²) < 4.78 is 68.0. The maximum absolute atomic E-state index is 14.1. The van der Waals surface area contributed by atoms with E-state index in [1.54, 1.807) is 0 Å². The maximum Gasteiger partial charge on any atom is 0.225 e. The lowest BCUT2D eigenvalue weighted by atomic mass is 10.0. The van der Waals surface area contributed by atoms with Gasteiger partial charge in [0.15, 0.2) is 0 Å². The van der Waals surface area contributed by atoms with E-state index in [0.29, 0.717) is 13.0 Å². The summed E-state index contributed by atoms with van der Waals surface area (Å²) >= 11 is 0. The molecule has 1 aromatic carbocycles. The molecule has 1 rings (SSSR count). The minimum atomic E-state index is -2.11. The van der Waals surface area contributed by atoms with Gasteiger partial charge in [0.2, 0.25) is 34.8 Å². The van der Waals surface area contributed by atoms with Gasteiger partial charge in [0.25, 0.3) is 0 Å². The van der Waals surface area contributed by atoms with Crippen LogP contribution in [0.15, 0.2) is 0 Å². The highest BCUT2D eigenvalue weighted by Crippen LogP contribution is 2.33. The van der Waals surface area contributed by atoms with E-state index in [1.165, 1.54) is 91.1 Å². The highest BCUT2D eigenvalue weighted by atomic mass is 19.2. The van der Waals surface area contributed by atoms with Gasteiger partial charge < -0.3 is 0 Å². The summed E-state index contributed by atoms with van der Waals surface area (Å²) in [5.41, 5.74) is -0.762. The minimum absolute atomic E-state index is 0.316. The van der Waals surface area contributed by atoms with Gasteiger partial charge in [-0.05, 0) is 12.8 Å². The van der Waals surface area contributed by atoms with E-state index in [-0.39, 0.29) is 4.48 Å². The molecule has 1 aromatic rings. The second kappa shape index (κ2) is 15.6. The number of hydrogen-bond donors (Lipinski definition) is 0. The normalized spacial score (nSPS) is 12.0. The molecular weight excluding hydrogens is 421 g/mol. The van der Waals surface area contributed by atoms with Crippen molar-refractivity contribution in [1.29, 1.82) is 0 Å². The summed E-state index contributed by atoms with van der Waals surface area (Å²) in [7, 11) is 2.95. The van der Waals surface area contributed by atoms with Crippen molar-refractivity contribution in [2.24, 2.45) is 0 Å². The number of nitrogens with zero attached hydrogens (tertiary/aromatic N) is 1. The average Bonchev–Trinajstić information content (AvgIpc) is 2.76. The van der Waals surface area contributed by atoms with E-state index in [9.17, 15) is 22.0 Å². The van der Waals surface area contributed by atoms with E-state index < -0.39 is 34.8 Å². The van der Waals surface area contributed by atoms with Crippen molar-refractivity contribution in [1.82, 2.24) is 4.48 Å². The molecule has 0 spiro atoms. The Kier molecular flexibility index (Phi) is 14.1. The third-order valence-electron chi connectivity index (χ3n) is 6.36. The van der Waals surface area contributed by atoms with Crippen molar-refractivity contribution in [3.05, 3.63) is 29.1 Å². The van der Waals surface area contributed by atoms with Crippen LogP contribution in [-0.2, 0) is 0 Å². The lowest BCUT2D eigenvalue weighted by Crippen LogP contribution is -2.43. The number of quaternary nitrogens is 1. The second-order valence-electron chi connectivity index (χ2n) is 9.63. The lowest BCUT2D eigenvalue weighted by Gasteiger charge is -2.30. The molecule has 0 amide bonds. The first-order valence-corrected chi connectivity index (χ1v) is 12.6. The molecule has 0 bridgehead atoms. The first-order valence-electron chi connectivity index (χ1n) is 12.6. The predicted octanol–water partition coefficient (Wildman–Crippen LogP) is 9.21. The standard InChI is InChI=1S/C26H43F5N/c1-4-5-6-7-8-9-10-11-12-13-14-15-16-17-18-19-20-32(2,3)26-24(30)22(28)21(27)23(29)25(26)31/h4-20H2,1-3H3/q+1. The Morgan fingerprint density at radius 2 is 0.719 bits per heavy atom. The maximum atomic E-state index is 14.1. The predicted molar refractivity (Wildman–Crippen MR) is 124 cm³/mol. The van der Waals surface area contributed by atoms with Crippen molar-refractivity contribution < 1.29 is 22.0 Å². The van der Waals surface area contributed by atoms with E-state index in [2.05, 4.69) is 6.92 Å². The molecule has 0 aromatic heterocycles. The molecule has 0 saturated heterocycles. The molecule has 0 aliphatic carbocycles. The van der Waals surface area contributed by atoms with E-state index in [4.69, 9.17) is 0 Å². The van der Waals surface area contributed by atoms with Gasteiger partial charge >= 0.3 is 0 Å². The number of benzene rings is 1. The molecule has 6 heteroatoms. The first kappa shape index (κ1) is 28.9. The fraction of sp³-hybridized carbons (Fsp3) is 0.769. The van der Waals surface area contributed by atoms with Crippen molar-refractivity contribution in [2.45, 2.75) is 110 Å². The third kappa shape index (κ3) is 9.76. The third-order valence-corrected chi connectivity index (χ3v) is 6.36. The number of rotatable bonds is 18. The van der Waals surface area contributed by atoms with Gasteiger partial charge in [0.1, 0.15) is 0 Å². The largest absolute Gasteiger partial charge is 0.291 e. The zero-order valence-electron chi connectivity index (χ0n) is 20.4. The SMILES string of the molecule is CCCCCCCCCCCCCCCCCC[N+](C)(C)c1c(F)c(F)c(F)c(F)c1F. The first-order chi connectivity index (χ1) is 15.2. The number of unbranched alkanes of at least 4 members (excludes halogenated alkanes) is 15. The summed E-state index contributed by atoms with van der Waals surface area (Å²) in [5, 5.41) is 0. The molecule has 32 heavy (non-hydrogen) atoms. The van der Waals surface area contributed by atoms with Gasteiger partial charge in [-0.15, -0.1) is 0 Å². The molecular formula is C26H43F5N+. The van der Waals surface area contributed by atoms with Crippen LogP contribution in [0.25, 0.3) is 0 Å². The van der Waals surface area contributed by atoms with Crippen molar-refractivity contribution in [2.75, 3.05) is 20.6 Å². The molecule has 0 heterocycles. The van der Waals surface area contributed by atoms with Gasteiger partial charge in [-0.25, -0.2) is 13.2 Å². The number of hydrogen-bond acceptors (Lipinski definition) is 0. The highest BCUT2D eigenvalue weighted by Gasteiger charge is 2.35. The van der Waals surface area contributed by atoms with E-state index >= 15 is 0 Å². The molecule has 0 unspecified atom stereocenters. The molecule has 0 N–H and O–H groups in total. The van der Waals surface area contributed by atoms with Crippen molar-refractivity contribution in [3.8, 4) is 0 Å². The Bertz CT molecular complexity index is 631. The van der Waals surface area contributed by atoms with Crippen LogP contribution in [0.5, 0.6) is 0 Å². The van der Waals surface area contributed by atoms with Gasteiger partial charge in [0, 0.05) is 0 Å². The van der Waals surface area contributed by atoms with Gasteiger partial charge in [-0.3, -0.25) is 4.48 Å². The van der Waals surface area contributed by atoms with E-state index in [1.807, 2.05) is 0 Å². The molecule has 0 radical (unpaired) electrons. The van der Waals surface area contributed by atoms with Gasteiger partial charge in [-0.2, -0.15) is 8.78 Å². The van der Waals surface area contributed by atoms with Crippen LogP contribution >= 0.6 is 0 Å². The summed E-state index contributed by atoms with van der Waals surface area (Å²) in [6.07, 6.45) is 19.6. The molecule has 0 aliphatic heterocycles. The van der Waals surface area contributed by atoms with Crippen LogP contribution in [0.3, 0.4) is 0 Å². The molecule has 186 valence electrons. The number of halogens is 5. The Balaban J connectivity index is 2.13. The Hall–Kier alpha value is -1.17. The smallest absolute Gasteiger partial charge is 0.225 e. The Labute approximate surface area is 192 Å². The fourth-order valence-corrected chi connectivity index (χ4v) is 4.29. The van der Waals surface area contributed by atoms with Crippen LogP contribution in [-0.4, -0.2) is 20.6 Å². The van der Waals surface area contributed by atoms with Crippen LogP contribution < -0.4 is 4.48 Å². The lowest BCUT2D eigenvalue weighted by molar-refractivity contribution is 0.318. The van der Waals surface area contributed by atoms with Crippen LogP contribution in [0.2, 0.25) is 0 Å². The summed E-state index contributed by atoms with van der Waals surface area (Å²) in [4.78, 5) is 0. The topological polar surface area (TPSA) is 0 Å². The Morgan fingerprint density at radius 3 is 1.06 bits per heavy atom. The molecule has 0 saturated carbocycles. The van der Waals surface area contributed by atoms with Crippen molar-refractivity contribution in [3.63, 3.8) is 0 Å². The average molecular weight is 465 g/mol. The van der Waals surface area contributed by atoms with Crippen LogP contribution in [0.4, 0.5) is 27.6 Å². The van der Waals surface area contributed by atoms with E-state index in [0.717, 1.165) is 19.3 Å². The quantitative estimate of drug-likeness (QED) is 0.0668. The summed E-state index contributed by atoms with van der Waals surface area (Å²) in [6, 6.07) is 0. The molecule has 0 atom stereocenters. The molecule has 1 nitrogen and oxygen atoms in total. The van der Waals surface area contributed by atoms with Crippen LogP contribution in [0, 0.1) is 29.1 Å². The molecule has 0 aliphatic rings. The second-order valence-corrected chi connectivity index (χ2v) is 9.63. The van der Waals surface area contributed by atoms with Crippen molar-refractivity contribution >= 4 is 5.69 Å². The fourth-order valence-electron chi connectivity index (χ4n) is 4.29. The minimum Gasteiger partial charge on any atom is -0.291 e. The van der Waals surface area contributed by atoms with Gasteiger partial charge in [0.05, 0.1) is 20.6 Å². The zero-order chi connectivity index (χ0) is 24.0. The molecule has 0 fully saturated rings. The monoisotopic (exact) mass is 464 g/mol. The zero-order valence-corrected chi connectivity index (χ0v) is 20.4. The summed E-state index contributed by atoms with van der Waals surface area (Å²) in [5.74, 6) is -9.33. The highest BCUT2D eigenvalue weighted by molar-refractivity contribution is 5.46. The summed E-state index contributed by atoms with van der Waals surface area (Å²) in [6.45, 7) is 2.56. The van der Waals surface area contributed by atoms with Gasteiger partial charge in [-0.1, -0.05) is 96.8 Å². The van der Waals surface area contributed by atoms with Crippen LogP contribution in [0.1, 0.15) is 110 Å².